The molecule has 126 heavy (non-hydrogen) atoms. The lowest BCUT2D eigenvalue weighted by Gasteiger charge is -2.42. The van der Waals surface area contributed by atoms with E-state index in [1.807, 2.05) is 128 Å². The molecule has 2 aromatic heterocycles. The summed E-state index contributed by atoms with van der Waals surface area (Å²) in [6.07, 6.45) is -4.76. The number of aromatic nitrogens is 2. The molecule has 28 nitrogen and oxygen atoms in total. The molecule has 0 radical (unpaired) electrons. The first kappa shape index (κ1) is 97.9. The van der Waals surface area contributed by atoms with E-state index in [0.717, 1.165) is 39.3 Å². The average molecular weight is 1770 g/mol. The van der Waals surface area contributed by atoms with Gasteiger partial charge in [-0.1, -0.05) is 176 Å². The lowest BCUT2D eigenvalue weighted by Crippen LogP contribution is -2.48. The number of hydroxylamine groups is 6. The molecule has 672 valence electrons. The van der Waals surface area contributed by atoms with Gasteiger partial charge in [-0.2, -0.15) is 4.79 Å². The fourth-order valence-corrected chi connectivity index (χ4v) is 17.2. The van der Waals surface area contributed by atoms with Crippen LogP contribution in [0.2, 0.25) is 36.3 Å². The number of anilines is 2. The average Bonchev–Trinajstić information content (AvgIpc) is 1.59. The first-order chi connectivity index (χ1) is 59.3. The first-order valence-electron chi connectivity index (χ1n) is 42.1. The minimum Gasteiger partial charge on any atom is -0.480 e. The number of carboxylic acid groups (broad SMARTS) is 1. The summed E-state index contributed by atoms with van der Waals surface area (Å²) in [5.74, 6) is -7.98. The highest BCUT2D eigenvalue weighted by molar-refractivity contribution is 6.74. The van der Waals surface area contributed by atoms with Crippen LogP contribution in [0.4, 0.5) is 25.0 Å². The van der Waals surface area contributed by atoms with Crippen molar-refractivity contribution >= 4 is 99.3 Å². The number of aliphatic hydroxyl groups excluding tert-OH is 2. The lowest BCUT2D eigenvalue weighted by atomic mass is 9.94. The van der Waals surface area contributed by atoms with E-state index >= 15 is 0 Å². The number of para-hydroxylation sites is 2. The van der Waals surface area contributed by atoms with Crippen LogP contribution in [-0.4, -0.2) is 158 Å². The number of nitrogens with one attached hydrogen (secondary N) is 3. The Balaban J connectivity index is 0.000000244. The van der Waals surface area contributed by atoms with Gasteiger partial charge in [0.1, 0.15) is 17.7 Å². The van der Waals surface area contributed by atoms with Crippen LogP contribution in [0.3, 0.4) is 0 Å². The highest BCUT2D eigenvalue weighted by atomic mass is 28.4. The van der Waals surface area contributed by atoms with Crippen molar-refractivity contribution in [1.82, 2.24) is 29.6 Å². The van der Waals surface area contributed by atoms with Crippen molar-refractivity contribution in [3.8, 4) is 44.8 Å². The van der Waals surface area contributed by atoms with Crippen LogP contribution >= 0.6 is 0 Å². The van der Waals surface area contributed by atoms with Gasteiger partial charge in [0.25, 0.3) is 47.3 Å². The van der Waals surface area contributed by atoms with Gasteiger partial charge in [0.2, 0.25) is 5.91 Å². The van der Waals surface area contributed by atoms with Gasteiger partial charge in [0.15, 0.2) is 16.6 Å². The summed E-state index contributed by atoms with van der Waals surface area (Å²) in [6.45, 7) is 31.6. The molecule has 6 aromatic carbocycles. The van der Waals surface area contributed by atoms with Gasteiger partial charge in [-0.3, -0.25) is 57.6 Å². The minimum absolute atomic E-state index is 0.00226. The second-order valence-electron chi connectivity index (χ2n) is 35.0. The summed E-state index contributed by atoms with van der Waals surface area (Å²) in [4.78, 5) is 160. The van der Waals surface area contributed by atoms with Gasteiger partial charge >= 0.3 is 18.1 Å². The molecule has 1 unspecified atom stereocenters. The molecular weight excluding hydrogens is 1660 g/mol. The highest BCUT2D eigenvalue weighted by Gasteiger charge is 2.45. The largest absolute Gasteiger partial charge is 0.560 e. The number of benzene rings is 6. The van der Waals surface area contributed by atoms with Crippen LogP contribution in [-0.2, 0) is 79.6 Å². The Hall–Kier alpha value is -11.9. The Kier molecular flexibility index (Phi) is 33.3. The molecule has 32 heteroatoms. The van der Waals surface area contributed by atoms with Gasteiger partial charge in [0, 0.05) is 91.6 Å². The normalized spacial score (nSPS) is 15.0. The zero-order chi connectivity index (χ0) is 92.4. The molecule has 3 aliphatic rings. The molecular formula is C94H114F2N8O20Si2. The van der Waals surface area contributed by atoms with Crippen LogP contribution in [0.25, 0.3) is 44.8 Å². The second-order valence-corrected chi connectivity index (χ2v) is 44.5. The van der Waals surface area contributed by atoms with Crippen molar-refractivity contribution in [2.24, 2.45) is 0 Å². The quantitative estimate of drug-likeness (QED) is 0.0164. The number of amides is 9. The van der Waals surface area contributed by atoms with Crippen LogP contribution in [0.5, 0.6) is 0 Å². The number of aliphatic carboxylic acids is 1. The number of nitrogens with zero attached hydrogens (tertiary/aromatic N) is 5. The Bertz CT molecular complexity index is 5140. The van der Waals surface area contributed by atoms with Crippen molar-refractivity contribution in [2.45, 2.75) is 245 Å². The molecule has 11 rings (SSSR count). The molecule has 3 fully saturated rings. The highest BCUT2D eigenvalue weighted by Crippen LogP contribution is 2.47. The van der Waals surface area contributed by atoms with E-state index in [2.05, 4.69) is 112 Å². The molecule has 0 saturated carbocycles. The molecule has 3 aliphatic heterocycles. The Labute approximate surface area is 734 Å². The number of halogens is 2. The van der Waals surface area contributed by atoms with Crippen molar-refractivity contribution in [3.05, 3.63) is 204 Å². The molecule has 6 N–H and O–H groups in total. The van der Waals surface area contributed by atoms with E-state index in [1.165, 1.54) is 31.2 Å². The predicted molar refractivity (Wildman–Crippen MR) is 474 cm³/mol. The number of carbonyl (C=O) groups is 12. The van der Waals surface area contributed by atoms with E-state index in [1.54, 1.807) is 36.4 Å². The summed E-state index contributed by atoms with van der Waals surface area (Å²) in [5, 5.41) is 39.7. The number of rotatable bonds is 33. The minimum atomic E-state index is -2.50. The maximum absolute atomic E-state index is 14.7. The maximum Gasteiger partial charge on any atom is 0.560 e. The van der Waals surface area contributed by atoms with Gasteiger partial charge in [0.05, 0.1) is 53.7 Å². The fraction of sp³-hybridized carbons (Fsp3) is 0.404. The standard InChI is InChI=1S/C49H66FN3O7Si2.C36H40FN3O6.C9H8N2O7/c1-33(2)45-44(47(57)51-37-21-17-14-18-22-37)43(34-19-15-13-16-20-34)46(35-23-25-36(50)26-24-35)52(45)30-29-38(59-61(9,10)48(3,4)5)31-39(60-62(11,12)49(6,7)8)32-42(56)58-53-40(54)27-28-41(53)55;1-22(2)33-32(35(44)39-27-12-8-5-9-13-27)31(24-10-6-4-7-11-24)34(25-14-16-26(37)17-15-25)40(33)19-18-28(41)20-29(42)21-30(43)38-23(3)36(45)46;12-5-1-2-6(13)10(5)17-9(16)18-11-7(14)3-4-8(11)15/h13-26,33,38-39H,27-32H2,1-12H3,(H,51,57);4-17,22-23,28-29,41-42H,18-21H2,1-3H3,(H,38,43)(H,39,44)(H,45,46);1-4H2/t38-,39+;23?,28-,29-;/m11./s1. The Morgan fingerprint density at radius 1 is 0.437 bits per heavy atom. The molecule has 3 saturated heterocycles. The maximum atomic E-state index is 14.7. The Morgan fingerprint density at radius 2 is 0.778 bits per heavy atom. The zero-order valence-electron chi connectivity index (χ0n) is 73.9. The third-order valence-corrected chi connectivity index (χ3v) is 31.7. The molecule has 8 aromatic rings. The number of carboxylic acids is 1. The Morgan fingerprint density at radius 3 is 1.13 bits per heavy atom. The predicted octanol–water partition coefficient (Wildman–Crippen LogP) is 17.0. The van der Waals surface area contributed by atoms with Crippen LogP contribution in [0.15, 0.2) is 170 Å². The monoisotopic (exact) mass is 1770 g/mol. The van der Waals surface area contributed by atoms with Gasteiger partial charge < -0.3 is 54.1 Å². The van der Waals surface area contributed by atoms with Crippen molar-refractivity contribution < 1.29 is 105 Å². The van der Waals surface area contributed by atoms with E-state index in [9.17, 15) is 76.5 Å². The smallest absolute Gasteiger partial charge is 0.480 e. The molecule has 0 bridgehead atoms. The lowest BCUT2D eigenvalue weighted by molar-refractivity contribution is -0.198. The van der Waals surface area contributed by atoms with Gasteiger partial charge in [-0.15, -0.1) is 5.06 Å². The molecule has 0 aliphatic carbocycles. The molecule has 5 atom stereocenters. The fourth-order valence-electron chi connectivity index (χ4n) is 14.4. The van der Waals surface area contributed by atoms with E-state index in [0.29, 0.717) is 63.8 Å². The van der Waals surface area contributed by atoms with Gasteiger partial charge in [-0.05, 0) is 176 Å². The van der Waals surface area contributed by atoms with E-state index in [4.69, 9.17) is 18.8 Å². The van der Waals surface area contributed by atoms with E-state index in [-0.39, 0.29) is 120 Å². The van der Waals surface area contributed by atoms with Gasteiger partial charge in [-0.25, -0.2) is 13.6 Å². The van der Waals surface area contributed by atoms with E-state index < -0.39 is 112 Å². The van der Waals surface area contributed by atoms with Crippen LogP contribution < -0.4 is 16.0 Å². The summed E-state index contributed by atoms with van der Waals surface area (Å²) in [7, 11) is -4.97. The summed E-state index contributed by atoms with van der Waals surface area (Å²) in [6, 6.07) is 49.1. The number of hydrogen-bond donors (Lipinski definition) is 6. The third kappa shape index (κ3) is 25.4. The molecule has 9 amide bonds. The SMILES string of the molecule is CC(C)c1c(C(=O)Nc2ccccc2)c(-c2ccccc2)c(-c2ccc(F)cc2)n1CC[C@H](C[C@@H](CC(=O)ON1C(=O)CCC1=O)O[Si](C)(C)C(C)(C)C)O[Si](C)(C)C(C)(C)C.CC(NC(=O)C[C@H](O)C[C@H](O)CCn1c(-c2ccc(F)cc2)c(-c2ccccc2)c(C(=O)Nc2ccccc2)c1C(C)C)C(=O)O.O=C(ON1C(=O)CCC1=O)ON1C(=O)CCC1=O. The number of aliphatic hydroxyl groups is 2. The van der Waals surface area contributed by atoms with Crippen molar-refractivity contribution in [3.63, 3.8) is 0 Å². The number of hydrogen-bond acceptors (Lipinski definition) is 19. The van der Waals surface area contributed by atoms with Crippen molar-refractivity contribution in [2.75, 3.05) is 10.6 Å². The molecule has 5 heterocycles. The molecule has 0 spiro atoms. The first-order valence-corrected chi connectivity index (χ1v) is 48.0. The summed E-state index contributed by atoms with van der Waals surface area (Å²) < 4.78 is 47.2. The van der Waals surface area contributed by atoms with Crippen LogP contribution in [0.1, 0.15) is 197 Å². The summed E-state index contributed by atoms with van der Waals surface area (Å²) >= 11 is 0. The zero-order valence-corrected chi connectivity index (χ0v) is 75.9. The summed E-state index contributed by atoms with van der Waals surface area (Å²) in [5.41, 5.74) is 9.76. The van der Waals surface area contributed by atoms with Crippen LogP contribution in [0, 0.1) is 11.6 Å². The van der Waals surface area contributed by atoms with Crippen molar-refractivity contribution in [1.29, 1.82) is 0 Å². The second kappa shape index (κ2) is 42.8. The number of imide groups is 3. The number of carbonyl (C=O) groups excluding carboxylic acids is 11. The topological polar surface area (TPSA) is 367 Å². The third-order valence-electron chi connectivity index (χ3n) is 22.6.